The number of nitrogens with zero attached hydrogens (tertiary/aromatic N) is 3. The minimum absolute atomic E-state index is 0.223. The summed E-state index contributed by atoms with van der Waals surface area (Å²) in [7, 11) is 0. The normalized spacial score (nSPS) is 16.4. The molecule has 3 heterocycles. The molecule has 28 heavy (non-hydrogen) atoms. The van der Waals surface area contributed by atoms with Crippen molar-refractivity contribution in [3.05, 3.63) is 30.0 Å². The zero-order valence-electron chi connectivity index (χ0n) is 17.4. The van der Waals surface area contributed by atoms with E-state index < -0.39 is 0 Å². The fraction of sp³-hybridized carbons (Fsp3) is 0.500. The monoisotopic (exact) mass is 381 g/mol. The van der Waals surface area contributed by atoms with Crippen LogP contribution in [0, 0.1) is 0 Å². The number of furan rings is 1. The lowest BCUT2D eigenvalue weighted by molar-refractivity contribution is 0.128. The van der Waals surface area contributed by atoms with Gasteiger partial charge in [-0.25, -0.2) is 4.98 Å². The zero-order chi connectivity index (χ0) is 19.9. The van der Waals surface area contributed by atoms with E-state index in [9.17, 15) is 0 Å². The fourth-order valence-corrected chi connectivity index (χ4v) is 3.99. The van der Waals surface area contributed by atoms with Gasteiger partial charge < -0.3 is 20.4 Å². The molecule has 0 aliphatic carbocycles. The topological polar surface area (TPSA) is 70.6 Å². The summed E-state index contributed by atoms with van der Waals surface area (Å²) < 4.78 is 6.10. The summed E-state index contributed by atoms with van der Waals surface area (Å²) in [5, 5.41) is 5.21. The number of hydrogen-bond donors (Lipinski definition) is 2. The SMILES string of the molecule is CCNCc1cc2c(N)nc3cc(N4CCN(C(C)(C)C)CC4)ccc3c2o1. The number of aromatic nitrogens is 1. The van der Waals surface area contributed by atoms with Gasteiger partial charge in [-0.1, -0.05) is 6.92 Å². The Balaban J connectivity index is 1.63. The van der Waals surface area contributed by atoms with Crippen molar-refractivity contribution in [1.29, 1.82) is 0 Å². The van der Waals surface area contributed by atoms with Crippen molar-refractivity contribution in [2.24, 2.45) is 0 Å². The summed E-state index contributed by atoms with van der Waals surface area (Å²) in [5.74, 6) is 1.42. The molecule has 6 nitrogen and oxygen atoms in total. The zero-order valence-corrected chi connectivity index (χ0v) is 17.4. The number of rotatable bonds is 4. The van der Waals surface area contributed by atoms with E-state index in [-0.39, 0.29) is 5.54 Å². The molecule has 2 aromatic heterocycles. The first-order valence-electron chi connectivity index (χ1n) is 10.2. The average molecular weight is 382 g/mol. The maximum absolute atomic E-state index is 6.25. The third kappa shape index (κ3) is 3.54. The Morgan fingerprint density at radius 1 is 1.11 bits per heavy atom. The van der Waals surface area contributed by atoms with Crippen molar-refractivity contribution in [1.82, 2.24) is 15.2 Å². The Kier molecular flexibility index (Phi) is 4.93. The van der Waals surface area contributed by atoms with Gasteiger partial charge in [0.25, 0.3) is 0 Å². The second-order valence-corrected chi connectivity index (χ2v) is 8.58. The van der Waals surface area contributed by atoms with Crippen LogP contribution in [0.1, 0.15) is 33.5 Å². The van der Waals surface area contributed by atoms with E-state index in [2.05, 4.69) is 66.0 Å². The van der Waals surface area contributed by atoms with Crippen molar-refractivity contribution < 1.29 is 4.42 Å². The molecule has 0 spiro atoms. The Labute approximate surface area is 166 Å². The van der Waals surface area contributed by atoms with Gasteiger partial charge in [0.1, 0.15) is 17.2 Å². The molecule has 1 saturated heterocycles. The maximum Gasteiger partial charge on any atom is 0.147 e. The molecular weight excluding hydrogens is 350 g/mol. The van der Waals surface area contributed by atoms with E-state index in [1.807, 2.05) is 6.07 Å². The highest BCUT2D eigenvalue weighted by Gasteiger charge is 2.26. The van der Waals surface area contributed by atoms with Crippen LogP contribution in [0.4, 0.5) is 11.5 Å². The average Bonchev–Trinajstić information content (AvgIpc) is 3.10. The molecule has 0 amide bonds. The molecule has 1 aromatic carbocycles. The molecule has 3 aromatic rings. The van der Waals surface area contributed by atoms with Gasteiger partial charge in [-0.3, -0.25) is 4.90 Å². The Morgan fingerprint density at radius 3 is 2.54 bits per heavy atom. The van der Waals surface area contributed by atoms with Crippen LogP contribution in [-0.2, 0) is 6.54 Å². The summed E-state index contributed by atoms with van der Waals surface area (Å²) in [6, 6.07) is 8.44. The minimum atomic E-state index is 0.223. The molecule has 0 radical (unpaired) electrons. The number of nitrogens with two attached hydrogens (primary N) is 1. The van der Waals surface area contributed by atoms with Gasteiger partial charge >= 0.3 is 0 Å². The van der Waals surface area contributed by atoms with Gasteiger partial charge in [0.05, 0.1) is 17.4 Å². The van der Waals surface area contributed by atoms with Gasteiger partial charge in [0, 0.05) is 42.8 Å². The molecule has 0 atom stereocenters. The van der Waals surface area contributed by atoms with E-state index in [0.717, 1.165) is 60.4 Å². The lowest BCUT2D eigenvalue weighted by atomic mass is 10.0. The number of anilines is 2. The van der Waals surface area contributed by atoms with Crippen LogP contribution in [0.2, 0.25) is 0 Å². The van der Waals surface area contributed by atoms with Crippen molar-refractivity contribution in [2.75, 3.05) is 43.4 Å². The van der Waals surface area contributed by atoms with E-state index in [1.165, 1.54) is 5.69 Å². The summed E-state index contributed by atoms with van der Waals surface area (Å²) >= 11 is 0. The first-order chi connectivity index (χ1) is 13.4. The maximum atomic E-state index is 6.25. The van der Waals surface area contributed by atoms with Gasteiger partial charge in [0.2, 0.25) is 0 Å². The second kappa shape index (κ2) is 7.26. The predicted molar refractivity (Wildman–Crippen MR) is 117 cm³/mol. The second-order valence-electron chi connectivity index (χ2n) is 8.58. The fourth-order valence-electron chi connectivity index (χ4n) is 3.99. The smallest absolute Gasteiger partial charge is 0.147 e. The van der Waals surface area contributed by atoms with E-state index in [4.69, 9.17) is 10.2 Å². The van der Waals surface area contributed by atoms with Crippen molar-refractivity contribution in [2.45, 2.75) is 39.8 Å². The Hall–Kier alpha value is -2.31. The van der Waals surface area contributed by atoms with Gasteiger partial charge in [-0.05, 0) is 51.6 Å². The van der Waals surface area contributed by atoms with E-state index >= 15 is 0 Å². The van der Waals surface area contributed by atoms with Crippen molar-refractivity contribution in [3.63, 3.8) is 0 Å². The highest BCUT2D eigenvalue weighted by Crippen LogP contribution is 2.33. The van der Waals surface area contributed by atoms with Crippen LogP contribution in [-0.4, -0.2) is 48.1 Å². The third-order valence-electron chi connectivity index (χ3n) is 5.67. The quantitative estimate of drug-likeness (QED) is 0.720. The number of hydrogen-bond acceptors (Lipinski definition) is 6. The number of nitrogen functional groups attached to an aromatic ring is 1. The number of nitrogens with one attached hydrogen (secondary N) is 1. The van der Waals surface area contributed by atoms with E-state index in [0.29, 0.717) is 12.4 Å². The van der Waals surface area contributed by atoms with Crippen molar-refractivity contribution >= 4 is 33.4 Å². The highest BCUT2D eigenvalue weighted by molar-refractivity contribution is 6.07. The predicted octanol–water partition coefficient (Wildman–Crippen LogP) is 3.59. The van der Waals surface area contributed by atoms with Crippen LogP contribution >= 0.6 is 0 Å². The number of piperazine rings is 1. The van der Waals surface area contributed by atoms with Gasteiger partial charge in [0.15, 0.2) is 0 Å². The lowest BCUT2D eigenvalue weighted by Crippen LogP contribution is -2.53. The molecular formula is C22H31N5O. The Bertz CT molecular complexity index is 980. The molecule has 0 unspecified atom stereocenters. The molecule has 1 aliphatic heterocycles. The number of benzene rings is 1. The van der Waals surface area contributed by atoms with Gasteiger partial charge in [-0.2, -0.15) is 0 Å². The number of pyridine rings is 1. The Morgan fingerprint density at radius 2 is 1.86 bits per heavy atom. The molecule has 150 valence electrons. The van der Waals surface area contributed by atoms with Gasteiger partial charge in [-0.15, -0.1) is 0 Å². The van der Waals surface area contributed by atoms with Crippen LogP contribution in [0.5, 0.6) is 0 Å². The van der Waals surface area contributed by atoms with Crippen LogP contribution < -0.4 is 16.0 Å². The first kappa shape index (κ1) is 19.0. The van der Waals surface area contributed by atoms with E-state index in [1.54, 1.807) is 0 Å². The molecule has 3 N–H and O–H groups in total. The van der Waals surface area contributed by atoms with Crippen molar-refractivity contribution in [3.8, 4) is 0 Å². The van der Waals surface area contributed by atoms with Crippen LogP contribution in [0.25, 0.3) is 21.9 Å². The highest BCUT2D eigenvalue weighted by atomic mass is 16.3. The largest absolute Gasteiger partial charge is 0.459 e. The van der Waals surface area contributed by atoms with Crippen LogP contribution in [0.15, 0.2) is 28.7 Å². The molecule has 6 heteroatoms. The molecule has 1 aliphatic rings. The lowest BCUT2D eigenvalue weighted by Gasteiger charge is -2.43. The van der Waals surface area contributed by atoms with Crippen LogP contribution in [0.3, 0.4) is 0 Å². The first-order valence-corrected chi connectivity index (χ1v) is 10.2. The third-order valence-corrected chi connectivity index (χ3v) is 5.67. The summed E-state index contributed by atoms with van der Waals surface area (Å²) in [4.78, 5) is 9.64. The summed E-state index contributed by atoms with van der Waals surface area (Å²) in [5.41, 5.74) is 9.40. The molecule has 0 saturated carbocycles. The molecule has 1 fully saturated rings. The summed E-state index contributed by atoms with van der Waals surface area (Å²) in [6.45, 7) is 14.7. The summed E-state index contributed by atoms with van der Waals surface area (Å²) in [6.07, 6.45) is 0. The standard InChI is InChI=1S/C22H31N5O/c1-5-24-14-16-13-18-20(28-16)17-7-6-15(12-19(17)25-21(18)23)26-8-10-27(11-9-26)22(2,3)4/h6-7,12-13,24H,5,8-11,14H2,1-4H3,(H2,23,25). The number of fused-ring (bicyclic) bond motifs is 3. The molecule has 0 bridgehead atoms. The molecule has 4 rings (SSSR count). The minimum Gasteiger partial charge on any atom is -0.459 e.